The largest absolute Gasteiger partial charge is 0.477 e. The standard InChI is InChI=1S/C22H20N2O2/c1-2-24-20-9-4-3-7-17(20)11-12-18-14-16(10-13-21(18)24)6-5-8-19(15-23)22(25)26/h3-10,13-14H,2,11-12H2,1H3,(H,25,26)/b6-5+,19-8+. The van der Waals surface area contributed by atoms with Gasteiger partial charge in [-0.1, -0.05) is 36.4 Å². The van der Waals surface area contributed by atoms with Crippen LogP contribution in [-0.2, 0) is 17.6 Å². The molecule has 1 aliphatic heterocycles. The third kappa shape index (κ3) is 3.52. The average molecular weight is 344 g/mol. The van der Waals surface area contributed by atoms with Gasteiger partial charge in [-0.25, -0.2) is 4.79 Å². The van der Waals surface area contributed by atoms with Crippen LogP contribution in [0, 0.1) is 11.3 Å². The topological polar surface area (TPSA) is 64.3 Å². The molecule has 0 fully saturated rings. The van der Waals surface area contributed by atoms with Crippen LogP contribution >= 0.6 is 0 Å². The van der Waals surface area contributed by atoms with Crippen LogP contribution < -0.4 is 4.90 Å². The number of anilines is 2. The van der Waals surface area contributed by atoms with Gasteiger partial charge < -0.3 is 10.0 Å². The van der Waals surface area contributed by atoms with Crippen LogP contribution in [0.4, 0.5) is 11.4 Å². The van der Waals surface area contributed by atoms with E-state index in [4.69, 9.17) is 10.4 Å². The van der Waals surface area contributed by atoms with Gasteiger partial charge in [0.15, 0.2) is 0 Å². The number of rotatable bonds is 4. The van der Waals surface area contributed by atoms with Gasteiger partial charge in [-0.05, 0) is 60.7 Å². The zero-order valence-corrected chi connectivity index (χ0v) is 14.6. The molecule has 130 valence electrons. The van der Waals surface area contributed by atoms with Crippen LogP contribution in [0.1, 0.15) is 23.6 Å². The average Bonchev–Trinajstić information content (AvgIpc) is 2.81. The molecule has 0 unspecified atom stereocenters. The van der Waals surface area contributed by atoms with E-state index in [0.29, 0.717) is 0 Å². The number of allylic oxidation sites excluding steroid dienone is 2. The predicted octanol–water partition coefficient (Wildman–Crippen LogP) is 4.49. The van der Waals surface area contributed by atoms with Gasteiger partial charge in [0.05, 0.1) is 0 Å². The van der Waals surface area contributed by atoms with Crippen molar-refractivity contribution in [3.8, 4) is 6.07 Å². The third-order valence-corrected chi connectivity index (χ3v) is 4.56. The van der Waals surface area contributed by atoms with Crippen molar-refractivity contribution in [2.24, 2.45) is 0 Å². The maximum atomic E-state index is 10.8. The Balaban J connectivity index is 1.93. The maximum absolute atomic E-state index is 10.8. The molecule has 0 spiro atoms. The summed E-state index contributed by atoms with van der Waals surface area (Å²) in [7, 11) is 0. The fourth-order valence-electron chi connectivity index (χ4n) is 3.31. The number of benzene rings is 2. The van der Waals surface area contributed by atoms with Gasteiger partial charge >= 0.3 is 5.97 Å². The van der Waals surface area contributed by atoms with Crippen molar-refractivity contribution in [3.63, 3.8) is 0 Å². The van der Waals surface area contributed by atoms with Crippen LogP contribution in [0.3, 0.4) is 0 Å². The van der Waals surface area contributed by atoms with E-state index < -0.39 is 5.97 Å². The third-order valence-electron chi connectivity index (χ3n) is 4.56. The predicted molar refractivity (Wildman–Crippen MR) is 103 cm³/mol. The molecule has 0 bridgehead atoms. The summed E-state index contributed by atoms with van der Waals surface area (Å²) in [6.07, 6.45) is 6.71. The quantitative estimate of drug-likeness (QED) is 0.504. The van der Waals surface area contributed by atoms with Crippen LogP contribution in [0.5, 0.6) is 0 Å². The fourth-order valence-corrected chi connectivity index (χ4v) is 3.31. The highest BCUT2D eigenvalue weighted by Crippen LogP contribution is 2.36. The Kier molecular flexibility index (Phi) is 5.19. The Bertz CT molecular complexity index is 935. The molecule has 2 aromatic carbocycles. The number of hydrogen-bond donors (Lipinski definition) is 1. The number of fused-ring (bicyclic) bond motifs is 2. The first-order valence-corrected chi connectivity index (χ1v) is 8.64. The zero-order chi connectivity index (χ0) is 18.5. The lowest BCUT2D eigenvalue weighted by Crippen LogP contribution is -2.17. The van der Waals surface area contributed by atoms with Crippen LogP contribution in [0.25, 0.3) is 6.08 Å². The molecule has 4 nitrogen and oxygen atoms in total. The molecular weight excluding hydrogens is 324 g/mol. The lowest BCUT2D eigenvalue weighted by molar-refractivity contribution is -0.132. The van der Waals surface area contributed by atoms with Gasteiger partial charge in [-0.3, -0.25) is 0 Å². The Labute approximate surface area is 153 Å². The highest BCUT2D eigenvalue weighted by atomic mass is 16.4. The SMILES string of the molecule is CCN1c2ccccc2CCc2cc(/C=C/C=C(\C#N)C(=O)O)ccc21. The molecule has 1 N–H and O–H groups in total. The van der Waals surface area contributed by atoms with E-state index >= 15 is 0 Å². The number of nitriles is 1. The molecule has 0 atom stereocenters. The lowest BCUT2D eigenvalue weighted by atomic mass is 10.0. The minimum Gasteiger partial charge on any atom is -0.477 e. The van der Waals surface area contributed by atoms with Crippen molar-refractivity contribution >= 4 is 23.4 Å². The van der Waals surface area contributed by atoms with E-state index in [-0.39, 0.29) is 5.57 Å². The smallest absolute Gasteiger partial charge is 0.346 e. The first-order chi connectivity index (χ1) is 12.6. The molecule has 1 heterocycles. The minimum absolute atomic E-state index is 0.274. The van der Waals surface area contributed by atoms with Crippen molar-refractivity contribution < 1.29 is 9.90 Å². The van der Waals surface area contributed by atoms with E-state index in [0.717, 1.165) is 24.9 Å². The first-order valence-electron chi connectivity index (χ1n) is 8.64. The van der Waals surface area contributed by atoms with Crippen LogP contribution in [0.2, 0.25) is 0 Å². The van der Waals surface area contributed by atoms with Gasteiger partial charge in [-0.15, -0.1) is 0 Å². The van der Waals surface area contributed by atoms with E-state index in [1.165, 1.54) is 28.6 Å². The highest BCUT2D eigenvalue weighted by Gasteiger charge is 2.18. The zero-order valence-electron chi connectivity index (χ0n) is 14.6. The molecule has 0 radical (unpaired) electrons. The van der Waals surface area contributed by atoms with Gasteiger partial charge in [0, 0.05) is 17.9 Å². The summed E-state index contributed by atoms with van der Waals surface area (Å²) in [5, 5.41) is 17.7. The molecule has 1 aliphatic rings. The number of nitrogens with zero attached hydrogens (tertiary/aromatic N) is 2. The lowest BCUT2D eigenvalue weighted by Gasteiger charge is -2.25. The second-order valence-corrected chi connectivity index (χ2v) is 6.12. The van der Waals surface area contributed by atoms with Crippen molar-refractivity contribution in [2.45, 2.75) is 19.8 Å². The molecule has 26 heavy (non-hydrogen) atoms. The van der Waals surface area contributed by atoms with Crippen molar-refractivity contribution in [3.05, 3.63) is 76.9 Å². The van der Waals surface area contributed by atoms with Crippen molar-refractivity contribution in [1.29, 1.82) is 5.26 Å². The van der Waals surface area contributed by atoms with Crippen LogP contribution in [0.15, 0.2) is 60.2 Å². The molecule has 0 amide bonds. The van der Waals surface area contributed by atoms with Crippen LogP contribution in [-0.4, -0.2) is 17.6 Å². The highest BCUT2D eigenvalue weighted by molar-refractivity contribution is 5.91. The Morgan fingerprint density at radius 1 is 1.19 bits per heavy atom. The number of carboxylic acid groups (broad SMARTS) is 1. The number of carbonyl (C=O) groups is 1. The Morgan fingerprint density at radius 2 is 1.92 bits per heavy atom. The van der Waals surface area contributed by atoms with Gasteiger partial charge in [0.2, 0.25) is 0 Å². The number of para-hydroxylation sites is 1. The summed E-state index contributed by atoms with van der Waals surface area (Å²) in [5.41, 5.74) is 5.82. The molecule has 0 aliphatic carbocycles. The molecule has 4 heteroatoms. The van der Waals surface area contributed by atoms with Gasteiger partial charge in [-0.2, -0.15) is 5.26 Å². The second-order valence-electron chi connectivity index (χ2n) is 6.12. The summed E-state index contributed by atoms with van der Waals surface area (Å²) in [6.45, 7) is 3.05. The number of aryl methyl sites for hydroxylation is 2. The summed E-state index contributed by atoms with van der Waals surface area (Å²) in [5.74, 6) is -1.21. The number of carboxylic acids is 1. The fraction of sp³-hybridized carbons (Fsp3) is 0.182. The summed E-state index contributed by atoms with van der Waals surface area (Å²) < 4.78 is 0. The summed E-state index contributed by atoms with van der Waals surface area (Å²) in [6, 6.07) is 16.5. The molecule has 3 rings (SSSR count). The van der Waals surface area contributed by atoms with E-state index in [1.807, 2.05) is 12.1 Å². The number of aliphatic carboxylic acids is 1. The van der Waals surface area contributed by atoms with E-state index in [2.05, 4.69) is 48.2 Å². The Morgan fingerprint density at radius 3 is 2.65 bits per heavy atom. The van der Waals surface area contributed by atoms with Crippen molar-refractivity contribution in [2.75, 3.05) is 11.4 Å². The first kappa shape index (κ1) is 17.5. The molecule has 0 saturated carbocycles. The molecular formula is C22H20N2O2. The van der Waals surface area contributed by atoms with Gasteiger partial charge in [0.25, 0.3) is 0 Å². The van der Waals surface area contributed by atoms with Gasteiger partial charge in [0.1, 0.15) is 11.6 Å². The maximum Gasteiger partial charge on any atom is 0.346 e. The Hall–Kier alpha value is -3.32. The molecule has 0 aromatic heterocycles. The summed E-state index contributed by atoms with van der Waals surface area (Å²) >= 11 is 0. The number of hydrogen-bond acceptors (Lipinski definition) is 3. The van der Waals surface area contributed by atoms with E-state index in [9.17, 15) is 4.79 Å². The molecule has 2 aromatic rings. The summed E-state index contributed by atoms with van der Waals surface area (Å²) in [4.78, 5) is 13.2. The monoisotopic (exact) mass is 344 g/mol. The van der Waals surface area contributed by atoms with Crippen molar-refractivity contribution in [1.82, 2.24) is 0 Å². The minimum atomic E-state index is -1.21. The van der Waals surface area contributed by atoms with E-state index in [1.54, 1.807) is 12.1 Å². The molecule has 0 saturated heterocycles. The normalized spacial score (nSPS) is 13.7. The second kappa shape index (κ2) is 7.71.